The van der Waals surface area contributed by atoms with Gasteiger partial charge in [-0.2, -0.15) is 0 Å². The molecule has 1 unspecified atom stereocenters. The molecular weight excluding hydrogens is 158 g/mol. The van der Waals surface area contributed by atoms with Crippen LogP contribution in [0, 0.1) is 5.92 Å². The van der Waals surface area contributed by atoms with Gasteiger partial charge in [0.15, 0.2) is 0 Å². The lowest BCUT2D eigenvalue weighted by Crippen LogP contribution is -2.33. The second-order valence-corrected chi connectivity index (χ2v) is 3.99. The van der Waals surface area contributed by atoms with Crippen LogP contribution in [-0.2, 0) is 0 Å². The fourth-order valence-electron chi connectivity index (χ4n) is 2.21. The molecule has 1 aromatic rings. The van der Waals surface area contributed by atoms with Crippen LogP contribution in [0.4, 0.5) is 0 Å². The highest BCUT2D eigenvalue weighted by atomic mass is 14.9. The van der Waals surface area contributed by atoms with Gasteiger partial charge in [-0.15, -0.1) is 0 Å². The van der Waals surface area contributed by atoms with E-state index in [0.29, 0.717) is 0 Å². The molecule has 0 spiro atoms. The Balaban J connectivity index is 2.15. The van der Waals surface area contributed by atoms with Crippen LogP contribution in [0.2, 0.25) is 0 Å². The van der Waals surface area contributed by atoms with E-state index in [1.165, 1.54) is 25.1 Å². The van der Waals surface area contributed by atoms with Crippen molar-refractivity contribution in [1.29, 1.82) is 0 Å². The second-order valence-electron chi connectivity index (χ2n) is 3.99. The van der Waals surface area contributed by atoms with Gasteiger partial charge in [-0.3, -0.25) is 0 Å². The quantitative estimate of drug-likeness (QED) is 0.691. The predicted molar refractivity (Wildman–Crippen MR) is 55.8 cm³/mol. The molecule has 13 heavy (non-hydrogen) atoms. The average molecular weight is 175 g/mol. The zero-order valence-corrected chi connectivity index (χ0v) is 8.16. The summed E-state index contributed by atoms with van der Waals surface area (Å²) >= 11 is 0. The van der Waals surface area contributed by atoms with Gasteiger partial charge in [-0.05, 0) is 36.9 Å². The summed E-state index contributed by atoms with van der Waals surface area (Å²) in [5.41, 5.74) is 1.51. The molecule has 1 saturated heterocycles. The largest absolute Gasteiger partial charge is 0.316 e. The molecule has 0 amide bonds. The van der Waals surface area contributed by atoms with Gasteiger partial charge in [0.2, 0.25) is 0 Å². The Kier molecular flexibility index (Phi) is 2.65. The molecule has 0 radical (unpaired) electrons. The normalized spacial score (nSPS) is 28.7. The van der Waals surface area contributed by atoms with E-state index in [2.05, 4.69) is 42.6 Å². The van der Waals surface area contributed by atoms with Crippen LogP contribution in [0.15, 0.2) is 30.3 Å². The first kappa shape index (κ1) is 8.76. The molecule has 1 aromatic carbocycles. The first-order chi connectivity index (χ1) is 6.38. The Morgan fingerprint density at radius 2 is 2.00 bits per heavy atom. The molecule has 2 atom stereocenters. The summed E-state index contributed by atoms with van der Waals surface area (Å²) < 4.78 is 0. The zero-order valence-electron chi connectivity index (χ0n) is 8.16. The minimum absolute atomic E-state index is 0.766. The fraction of sp³-hybridized carbons (Fsp3) is 0.500. The number of rotatable bonds is 1. The number of benzene rings is 1. The van der Waals surface area contributed by atoms with Gasteiger partial charge >= 0.3 is 0 Å². The summed E-state index contributed by atoms with van der Waals surface area (Å²) in [6, 6.07) is 10.9. The number of hydrogen-bond donors (Lipinski definition) is 1. The molecule has 1 fully saturated rings. The summed E-state index contributed by atoms with van der Waals surface area (Å²) in [6.07, 6.45) is 1.28. The van der Waals surface area contributed by atoms with Crippen molar-refractivity contribution >= 4 is 0 Å². The van der Waals surface area contributed by atoms with Crippen molar-refractivity contribution in [3.8, 4) is 0 Å². The van der Waals surface area contributed by atoms with E-state index in [4.69, 9.17) is 0 Å². The monoisotopic (exact) mass is 175 g/mol. The topological polar surface area (TPSA) is 12.0 Å². The predicted octanol–water partition coefficient (Wildman–Crippen LogP) is 2.40. The first-order valence-corrected chi connectivity index (χ1v) is 5.13. The molecular formula is C12H17N. The van der Waals surface area contributed by atoms with Crippen LogP contribution >= 0.6 is 0 Å². The van der Waals surface area contributed by atoms with Crippen LogP contribution < -0.4 is 5.32 Å². The third-order valence-corrected chi connectivity index (χ3v) is 3.01. The van der Waals surface area contributed by atoms with Gasteiger partial charge in [0.25, 0.3) is 0 Å². The van der Waals surface area contributed by atoms with Crippen molar-refractivity contribution in [2.45, 2.75) is 19.3 Å². The summed E-state index contributed by atoms with van der Waals surface area (Å²) in [7, 11) is 0. The van der Waals surface area contributed by atoms with Crippen molar-refractivity contribution < 1.29 is 0 Å². The van der Waals surface area contributed by atoms with E-state index in [1.807, 2.05) is 0 Å². The number of hydrogen-bond acceptors (Lipinski definition) is 1. The zero-order chi connectivity index (χ0) is 9.10. The molecule has 1 heteroatoms. The Bertz CT molecular complexity index is 255. The van der Waals surface area contributed by atoms with Crippen molar-refractivity contribution in [1.82, 2.24) is 5.32 Å². The number of nitrogens with one attached hydrogen (secondary N) is 1. The Morgan fingerprint density at radius 3 is 2.69 bits per heavy atom. The van der Waals surface area contributed by atoms with Gasteiger partial charge in [-0.25, -0.2) is 0 Å². The standard InChI is InChI=1S/C12H17N/c1-10-9-13-8-7-12(10)11-5-3-2-4-6-11/h2-6,10,12-13H,7-9H2,1H3/t10?,12-/m1/s1. The highest BCUT2D eigenvalue weighted by Gasteiger charge is 2.21. The van der Waals surface area contributed by atoms with Crippen molar-refractivity contribution in [3.05, 3.63) is 35.9 Å². The highest BCUT2D eigenvalue weighted by Crippen LogP contribution is 2.29. The molecule has 1 aliphatic heterocycles. The Morgan fingerprint density at radius 1 is 1.23 bits per heavy atom. The van der Waals surface area contributed by atoms with Crippen molar-refractivity contribution in [3.63, 3.8) is 0 Å². The molecule has 0 aliphatic carbocycles. The maximum atomic E-state index is 3.43. The molecule has 1 heterocycles. The van der Waals surface area contributed by atoms with Gasteiger partial charge in [0, 0.05) is 0 Å². The highest BCUT2D eigenvalue weighted by molar-refractivity contribution is 5.20. The molecule has 2 rings (SSSR count). The minimum atomic E-state index is 0.766. The van der Waals surface area contributed by atoms with E-state index < -0.39 is 0 Å². The van der Waals surface area contributed by atoms with E-state index in [-0.39, 0.29) is 0 Å². The molecule has 1 N–H and O–H groups in total. The lowest BCUT2D eigenvalue weighted by molar-refractivity contribution is 0.349. The van der Waals surface area contributed by atoms with Crippen LogP contribution in [0.25, 0.3) is 0 Å². The average Bonchev–Trinajstić information content (AvgIpc) is 2.20. The smallest absolute Gasteiger partial charge is 0.00173 e. The third kappa shape index (κ3) is 1.92. The van der Waals surface area contributed by atoms with Gasteiger partial charge in [0.1, 0.15) is 0 Å². The maximum Gasteiger partial charge on any atom is -0.00173 e. The summed E-state index contributed by atoms with van der Waals surface area (Å²) in [4.78, 5) is 0. The van der Waals surface area contributed by atoms with Gasteiger partial charge < -0.3 is 5.32 Å². The summed E-state index contributed by atoms with van der Waals surface area (Å²) in [6.45, 7) is 4.67. The van der Waals surface area contributed by atoms with Crippen LogP contribution in [0.1, 0.15) is 24.8 Å². The van der Waals surface area contributed by atoms with Crippen molar-refractivity contribution in [2.24, 2.45) is 5.92 Å². The van der Waals surface area contributed by atoms with E-state index in [1.54, 1.807) is 0 Å². The SMILES string of the molecule is CC1CNCC[C@H]1c1ccccc1. The second kappa shape index (κ2) is 3.93. The lowest BCUT2D eigenvalue weighted by atomic mass is 9.82. The Hall–Kier alpha value is -0.820. The van der Waals surface area contributed by atoms with Gasteiger partial charge in [-0.1, -0.05) is 37.3 Å². The molecule has 0 bridgehead atoms. The van der Waals surface area contributed by atoms with E-state index >= 15 is 0 Å². The number of piperidine rings is 1. The Labute approximate surface area is 80.2 Å². The van der Waals surface area contributed by atoms with Crippen LogP contribution in [0.3, 0.4) is 0 Å². The molecule has 1 aliphatic rings. The summed E-state index contributed by atoms with van der Waals surface area (Å²) in [5.74, 6) is 1.54. The summed E-state index contributed by atoms with van der Waals surface area (Å²) in [5, 5.41) is 3.43. The van der Waals surface area contributed by atoms with E-state index in [9.17, 15) is 0 Å². The van der Waals surface area contributed by atoms with Crippen LogP contribution in [0.5, 0.6) is 0 Å². The molecule has 70 valence electrons. The first-order valence-electron chi connectivity index (χ1n) is 5.13. The molecule has 1 nitrogen and oxygen atoms in total. The third-order valence-electron chi connectivity index (χ3n) is 3.01. The molecule has 0 aromatic heterocycles. The van der Waals surface area contributed by atoms with Gasteiger partial charge in [0.05, 0.1) is 0 Å². The minimum Gasteiger partial charge on any atom is -0.316 e. The molecule has 0 saturated carbocycles. The van der Waals surface area contributed by atoms with E-state index in [0.717, 1.165) is 11.8 Å². The maximum absolute atomic E-state index is 3.43. The fourth-order valence-corrected chi connectivity index (χ4v) is 2.21. The van der Waals surface area contributed by atoms with Crippen molar-refractivity contribution in [2.75, 3.05) is 13.1 Å². The lowest BCUT2D eigenvalue weighted by Gasteiger charge is -2.29. The van der Waals surface area contributed by atoms with Crippen LogP contribution in [-0.4, -0.2) is 13.1 Å².